The number of carbonyl (C=O) groups is 1. The molecule has 3 nitrogen and oxygen atoms in total. The van der Waals surface area contributed by atoms with E-state index >= 15 is 0 Å². The summed E-state index contributed by atoms with van der Waals surface area (Å²) in [7, 11) is 0. The van der Waals surface area contributed by atoms with Gasteiger partial charge in [0.2, 0.25) is 0 Å². The van der Waals surface area contributed by atoms with Crippen LogP contribution in [-0.4, -0.2) is 12.6 Å². The zero-order valence-electron chi connectivity index (χ0n) is 10.0. The van der Waals surface area contributed by atoms with Crippen LogP contribution in [0.5, 0.6) is 0 Å². The largest absolute Gasteiger partial charge is 1.00 e. The van der Waals surface area contributed by atoms with Crippen LogP contribution in [0.25, 0.3) is 0 Å². The molecule has 0 saturated heterocycles. The Hall–Kier alpha value is 0.0100. The van der Waals surface area contributed by atoms with Crippen molar-refractivity contribution >= 4 is 5.97 Å². The molecular formula is C11H19NaO3. The van der Waals surface area contributed by atoms with Gasteiger partial charge in [0.15, 0.2) is 0 Å². The minimum atomic E-state index is -1.32. The third-order valence-corrected chi connectivity index (χ3v) is 2.26. The van der Waals surface area contributed by atoms with Crippen LogP contribution in [0.1, 0.15) is 39.5 Å². The summed E-state index contributed by atoms with van der Waals surface area (Å²) in [5.74, 6) is -1.17. The third-order valence-electron chi connectivity index (χ3n) is 2.26. The average molecular weight is 222 g/mol. The molecule has 1 unspecified atom stereocenters. The predicted octanol–water partition coefficient (Wildman–Crippen LogP) is -1.51. The van der Waals surface area contributed by atoms with E-state index in [1.54, 1.807) is 0 Å². The van der Waals surface area contributed by atoms with Crippen molar-refractivity contribution < 1.29 is 44.2 Å². The van der Waals surface area contributed by atoms with Gasteiger partial charge in [-0.05, 0) is 12.3 Å². The zero-order chi connectivity index (χ0) is 11.0. The van der Waals surface area contributed by atoms with E-state index < -0.39 is 5.97 Å². The topological polar surface area (TPSA) is 49.4 Å². The van der Waals surface area contributed by atoms with Gasteiger partial charge in [0.05, 0.1) is 6.61 Å². The van der Waals surface area contributed by atoms with Crippen molar-refractivity contribution in [2.75, 3.05) is 6.61 Å². The Labute approximate surface area is 114 Å². The molecule has 0 radical (unpaired) electrons. The Morgan fingerprint density at radius 1 is 1.47 bits per heavy atom. The molecule has 0 spiro atoms. The van der Waals surface area contributed by atoms with Crippen molar-refractivity contribution in [1.29, 1.82) is 0 Å². The summed E-state index contributed by atoms with van der Waals surface area (Å²) in [6, 6.07) is 0. The van der Waals surface area contributed by atoms with Crippen molar-refractivity contribution in [3.8, 4) is 0 Å². The Kier molecular flexibility index (Phi) is 12.2. The van der Waals surface area contributed by atoms with Crippen LogP contribution in [0.3, 0.4) is 0 Å². The molecule has 0 amide bonds. The van der Waals surface area contributed by atoms with Crippen LogP contribution in [0.15, 0.2) is 12.3 Å². The maximum atomic E-state index is 10.3. The van der Waals surface area contributed by atoms with Crippen LogP contribution in [0.2, 0.25) is 0 Å². The van der Waals surface area contributed by atoms with E-state index in [0.29, 0.717) is 12.5 Å². The summed E-state index contributed by atoms with van der Waals surface area (Å²) in [6.45, 7) is 7.90. The smallest absolute Gasteiger partial charge is 0.542 e. The number of hydrogen-bond donors (Lipinski definition) is 0. The maximum Gasteiger partial charge on any atom is 1.00 e. The number of carboxylic acid groups (broad SMARTS) is 1. The van der Waals surface area contributed by atoms with Crippen LogP contribution in [0, 0.1) is 5.92 Å². The van der Waals surface area contributed by atoms with Gasteiger partial charge < -0.3 is 14.6 Å². The molecule has 0 heterocycles. The summed E-state index contributed by atoms with van der Waals surface area (Å²) >= 11 is 0. The van der Waals surface area contributed by atoms with E-state index in [0.717, 1.165) is 25.7 Å². The Morgan fingerprint density at radius 2 is 2.07 bits per heavy atom. The quantitative estimate of drug-likeness (QED) is 0.285. The molecule has 0 fully saturated rings. The summed E-state index contributed by atoms with van der Waals surface area (Å²) < 4.78 is 5.00. The maximum absolute atomic E-state index is 10.3. The second kappa shape index (κ2) is 10.5. The molecule has 1 atom stereocenters. The van der Waals surface area contributed by atoms with Gasteiger partial charge in [-0.25, -0.2) is 0 Å². The van der Waals surface area contributed by atoms with E-state index in [2.05, 4.69) is 20.4 Å². The number of carboxylic acids is 1. The van der Waals surface area contributed by atoms with Gasteiger partial charge in [-0.1, -0.05) is 39.7 Å². The number of unbranched alkanes of at least 4 members (excludes halogenated alkanes) is 1. The molecule has 15 heavy (non-hydrogen) atoms. The van der Waals surface area contributed by atoms with Crippen molar-refractivity contribution in [3.05, 3.63) is 12.3 Å². The molecule has 82 valence electrons. The molecule has 4 heteroatoms. The first kappa shape index (κ1) is 17.4. The average Bonchev–Trinajstić information content (AvgIpc) is 2.17. The molecule has 0 aromatic carbocycles. The van der Waals surface area contributed by atoms with E-state index in [-0.39, 0.29) is 35.3 Å². The van der Waals surface area contributed by atoms with E-state index in [1.165, 1.54) is 0 Å². The van der Waals surface area contributed by atoms with Crippen LogP contribution in [0.4, 0.5) is 0 Å². The molecule has 0 aliphatic carbocycles. The minimum absolute atomic E-state index is 0. The van der Waals surface area contributed by atoms with Gasteiger partial charge in [0.1, 0.15) is 11.7 Å². The number of hydrogen-bond acceptors (Lipinski definition) is 3. The van der Waals surface area contributed by atoms with E-state index in [4.69, 9.17) is 4.74 Å². The van der Waals surface area contributed by atoms with E-state index in [9.17, 15) is 9.90 Å². The fourth-order valence-corrected chi connectivity index (χ4v) is 1.18. The zero-order valence-corrected chi connectivity index (χ0v) is 12.0. The molecule has 0 aliphatic heterocycles. The summed E-state index contributed by atoms with van der Waals surface area (Å²) in [6.07, 6.45) is 4.38. The van der Waals surface area contributed by atoms with Gasteiger partial charge >= 0.3 is 29.6 Å². The summed E-state index contributed by atoms with van der Waals surface area (Å²) in [5.41, 5.74) is 0. The van der Waals surface area contributed by atoms with Crippen LogP contribution in [-0.2, 0) is 9.53 Å². The second-order valence-corrected chi connectivity index (χ2v) is 3.44. The summed E-state index contributed by atoms with van der Waals surface area (Å²) in [4.78, 5) is 10.3. The first-order valence-electron chi connectivity index (χ1n) is 5.14. The van der Waals surface area contributed by atoms with Gasteiger partial charge in [-0.2, -0.15) is 0 Å². The number of rotatable bonds is 8. The Morgan fingerprint density at radius 3 is 2.47 bits per heavy atom. The van der Waals surface area contributed by atoms with Gasteiger partial charge in [0.25, 0.3) is 0 Å². The van der Waals surface area contributed by atoms with E-state index in [1.807, 2.05) is 0 Å². The van der Waals surface area contributed by atoms with Crippen LogP contribution >= 0.6 is 0 Å². The Bertz CT molecular complexity index is 192. The SMILES string of the molecule is C=C(OCC(CC)CCCC)C(=O)[O-].[Na+]. The molecule has 0 aromatic rings. The molecule has 0 aliphatic rings. The fraction of sp³-hybridized carbons (Fsp3) is 0.727. The first-order valence-corrected chi connectivity index (χ1v) is 5.14. The van der Waals surface area contributed by atoms with Crippen molar-refractivity contribution in [3.63, 3.8) is 0 Å². The molecule has 0 N–H and O–H groups in total. The molecular weight excluding hydrogens is 203 g/mol. The van der Waals surface area contributed by atoms with Crippen molar-refractivity contribution in [2.24, 2.45) is 5.92 Å². The standard InChI is InChI=1S/C11H20O3.Na/c1-4-6-7-10(5-2)8-14-9(3)11(12)13;/h10H,3-8H2,1-2H3,(H,12,13);/q;+1/p-1. The van der Waals surface area contributed by atoms with Gasteiger partial charge in [-0.3, -0.25) is 0 Å². The monoisotopic (exact) mass is 222 g/mol. The minimum Gasteiger partial charge on any atom is -0.542 e. The Balaban J connectivity index is 0. The molecule has 0 aromatic heterocycles. The second-order valence-electron chi connectivity index (χ2n) is 3.44. The van der Waals surface area contributed by atoms with Gasteiger partial charge in [-0.15, -0.1) is 0 Å². The number of aliphatic carboxylic acids is 1. The van der Waals surface area contributed by atoms with Gasteiger partial charge in [0, 0.05) is 0 Å². The van der Waals surface area contributed by atoms with Crippen molar-refractivity contribution in [2.45, 2.75) is 39.5 Å². The molecule has 0 bridgehead atoms. The molecule has 0 saturated carbocycles. The summed E-state index contributed by atoms with van der Waals surface area (Å²) in [5, 5.41) is 10.3. The normalized spacial score (nSPS) is 11.3. The third kappa shape index (κ3) is 8.97. The predicted molar refractivity (Wildman–Crippen MR) is 53.4 cm³/mol. The first-order chi connectivity index (χ1) is 6.61. The molecule has 0 rings (SSSR count). The number of carbonyl (C=O) groups excluding carboxylic acids is 1. The van der Waals surface area contributed by atoms with Crippen molar-refractivity contribution in [1.82, 2.24) is 0 Å². The van der Waals surface area contributed by atoms with Crippen LogP contribution < -0.4 is 34.7 Å². The fourth-order valence-electron chi connectivity index (χ4n) is 1.18. The number of ether oxygens (including phenoxy) is 1.